The van der Waals surface area contributed by atoms with Gasteiger partial charge in [-0.05, 0) is 58.9 Å². The van der Waals surface area contributed by atoms with Crippen molar-refractivity contribution in [2.24, 2.45) is 0 Å². The van der Waals surface area contributed by atoms with E-state index in [1.54, 1.807) is 32.4 Å². The molecule has 3 aromatic rings. The maximum absolute atomic E-state index is 14.0. The van der Waals surface area contributed by atoms with Crippen LogP contribution in [0.2, 0.25) is 0 Å². The molecule has 0 saturated heterocycles. The Morgan fingerprint density at radius 3 is 2.38 bits per heavy atom. The van der Waals surface area contributed by atoms with E-state index < -0.39 is 21.4 Å². The summed E-state index contributed by atoms with van der Waals surface area (Å²) in [6.45, 7) is 6.56. The second-order valence-corrected chi connectivity index (χ2v) is 11.6. The Hall–Kier alpha value is -3.43. The highest BCUT2D eigenvalue weighted by atomic mass is 32.2. The number of methoxy groups -OCH3 is 2. The minimum absolute atomic E-state index is 0.222. The molecule has 0 aliphatic heterocycles. The van der Waals surface area contributed by atoms with Crippen LogP contribution in [0.4, 0.5) is 10.1 Å². The van der Waals surface area contributed by atoms with Gasteiger partial charge in [0.2, 0.25) is 10.0 Å². The molecule has 0 saturated carbocycles. The Morgan fingerprint density at radius 2 is 1.76 bits per heavy atom. The zero-order chi connectivity index (χ0) is 27.4. The van der Waals surface area contributed by atoms with Gasteiger partial charge in [0.25, 0.3) is 5.56 Å². The van der Waals surface area contributed by atoms with Gasteiger partial charge in [-0.1, -0.05) is 39.0 Å². The van der Waals surface area contributed by atoms with E-state index in [1.165, 1.54) is 6.07 Å². The maximum Gasteiger partial charge on any atom is 0.256 e. The highest BCUT2D eigenvalue weighted by molar-refractivity contribution is 7.92. The third kappa shape index (κ3) is 7.30. The predicted octanol–water partition coefficient (Wildman–Crippen LogP) is 5.22. The van der Waals surface area contributed by atoms with Crippen LogP contribution in [0.1, 0.15) is 43.0 Å². The van der Waals surface area contributed by atoms with Crippen LogP contribution in [0.25, 0.3) is 23.3 Å². The Balaban J connectivity index is 2.17. The van der Waals surface area contributed by atoms with Crippen LogP contribution in [0, 0.1) is 5.82 Å². The molecule has 1 aromatic heterocycles. The van der Waals surface area contributed by atoms with Gasteiger partial charge in [0, 0.05) is 35.7 Å². The summed E-state index contributed by atoms with van der Waals surface area (Å²) < 4.78 is 50.9. The standard InChI is InChI=1S/C28H33FN2O5S/c1-28(2,3)25-15-21(24-16-22(29)17-30-27(24)32)13-20(26(25)36-5)8-7-18-9-10-23(31-37(6,33)34)14-19(18)11-12-35-4/h7-10,13-17,31H,11-12H2,1-6H3,(H,30,32). The van der Waals surface area contributed by atoms with Crippen LogP contribution >= 0.6 is 0 Å². The number of H-pyrrole nitrogens is 1. The number of pyridine rings is 1. The summed E-state index contributed by atoms with van der Waals surface area (Å²) in [5.74, 6) is 0.111. The molecule has 37 heavy (non-hydrogen) atoms. The zero-order valence-corrected chi connectivity index (χ0v) is 22.8. The first kappa shape index (κ1) is 28.1. The number of nitrogens with one attached hydrogen (secondary N) is 2. The lowest BCUT2D eigenvalue weighted by Crippen LogP contribution is -2.15. The number of rotatable bonds is 9. The summed E-state index contributed by atoms with van der Waals surface area (Å²) in [5, 5.41) is 0. The first-order chi connectivity index (χ1) is 17.3. The number of anilines is 1. The van der Waals surface area contributed by atoms with E-state index in [-0.39, 0.29) is 11.0 Å². The van der Waals surface area contributed by atoms with Gasteiger partial charge in [-0.3, -0.25) is 9.52 Å². The lowest BCUT2D eigenvalue weighted by molar-refractivity contribution is 0.202. The molecule has 198 valence electrons. The molecular weight excluding hydrogens is 495 g/mol. The predicted molar refractivity (Wildman–Crippen MR) is 147 cm³/mol. The first-order valence-corrected chi connectivity index (χ1v) is 13.6. The fourth-order valence-corrected chi connectivity index (χ4v) is 4.60. The number of halogens is 1. The minimum atomic E-state index is -3.42. The normalized spacial score (nSPS) is 12.2. The first-order valence-electron chi connectivity index (χ1n) is 11.7. The van der Waals surface area contributed by atoms with Gasteiger partial charge >= 0.3 is 0 Å². The second-order valence-electron chi connectivity index (χ2n) is 9.82. The number of ether oxygens (including phenoxy) is 2. The van der Waals surface area contributed by atoms with Crippen molar-refractivity contribution in [2.45, 2.75) is 32.6 Å². The quantitative estimate of drug-likeness (QED) is 0.371. The van der Waals surface area contributed by atoms with Crippen LogP contribution in [0.15, 0.2) is 47.4 Å². The van der Waals surface area contributed by atoms with Gasteiger partial charge in [-0.25, -0.2) is 12.8 Å². The van der Waals surface area contributed by atoms with Crippen molar-refractivity contribution >= 4 is 27.9 Å². The molecule has 7 nitrogen and oxygen atoms in total. The third-order valence-corrected chi connectivity index (χ3v) is 6.38. The van der Waals surface area contributed by atoms with Crippen molar-refractivity contribution < 1.29 is 22.3 Å². The van der Waals surface area contributed by atoms with Crippen molar-refractivity contribution in [3.05, 3.63) is 81.0 Å². The molecule has 1 heterocycles. The van der Waals surface area contributed by atoms with Crippen LogP contribution in [-0.4, -0.2) is 40.5 Å². The van der Waals surface area contributed by atoms with Crippen LogP contribution in [-0.2, 0) is 26.6 Å². The fraction of sp³-hybridized carbons (Fsp3) is 0.321. The number of hydrogen-bond acceptors (Lipinski definition) is 5. The molecule has 0 bridgehead atoms. The number of sulfonamides is 1. The Bertz CT molecular complexity index is 1470. The maximum atomic E-state index is 14.0. The summed E-state index contributed by atoms with van der Waals surface area (Å²) in [7, 11) is -0.225. The summed E-state index contributed by atoms with van der Waals surface area (Å²) in [6.07, 6.45) is 6.48. The van der Waals surface area contributed by atoms with Crippen molar-refractivity contribution in [1.82, 2.24) is 4.98 Å². The Morgan fingerprint density at radius 1 is 1.05 bits per heavy atom. The molecule has 0 aliphatic rings. The molecule has 0 radical (unpaired) electrons. The molecule has 0 atom stereocenters. The van der Waals surface area contributed by atoms with Crippen molar-refractivity contribution in [3.8, 4) is 16.9 Å². The molecule has 9 heteroatoms. The largest absolute Gasteiger partial charge is 0.496 e. The molecular formula is C28H33FN2O5S. The highest BCUT2D eigenvalue weighted by Crippen LogP contribution is 2.38. The van der Waals surface area contributed by atoms with E-state index in [4.69, 9.17) is 9.47 Å². The van der Waals surface area contributed by atoms with Gasteiger partial charge < -0.3 is 14.5 Å². The molecule has 0 unspecified atom stereocenters. The monoisotopic (exact) mass is 528 g/mol. The summed E-state index contributed by atoms with van der Waals surface area (Å²) >= 11 is 0. The molecule has 2 N–H and O–H groups in total. The molecule has 0 fully saturated rings. The van der Waals surface area contributed by atoms with Crippen LogP contribution in [0.3, 0.4) is 0 Å². The average Bonchev–Trinajstić information content (AvgIpc) is 2.81. The summed E-state index contributed by atoms with van der Waals surface area (Å²) in [5.41, 5.74) is 3.87. The van der Waals surface area contributed by atoms with Gasteiger partial charge in [0.05, 0.1) is 20.0 Å². The van der Waals surface area contributed by atoms with Crippen LogP contribution in [0.5, 0.6) is 5.75 Å². The van der Waals surface area contributed by atoms with Crippen molar-refractivity contribution in [3.63, 3.8) is 0 Å². The summed E-state index contributed by atoms with van der Waals surface area (Å²) in [6, 6.07) is 10.2. The lowest BCUT2D eigenvalue weighted by Gasteiger charge is -2.24. The van der Waals surface area contributed by atoms with E-state index in [0.717, 1.165) is 29.1 Å². The number of aromatic nitrogens is 1. The molecule has 0 aliphatic carbocycles. The highest BCUT2D eigenvalue weighted by Gasteiger charge is 2.23. The Labute approximate surface area is 217 Å². The third-order valence-electron chi connectivity index (χ3n) is 5.77. The molecule has 3 rings (SSSR count). The minimum Gasteiger partial charge on any atom is -0.496 e. The number of hydrogen-bond donors (Lipinski definition) is 2. The van der Waals surface area contributed by atoms with E-state index in [0.29, 0.717) is 35.6 Å². The fourth-order valence-electron chi connectivity index (χ4n) is 4.04. The van der Waals surface area contributed by atoms with Gasteiger partial charge in [-0.15, -0.1) is 0 Å². The number of benzene rings is 2. The molecule has 2 aromatic carbocycles. The lowest BCUT2D eigenvalue weighted by atomic mass is 9.83. The van der Waals surface area contributed by atoms with Crippen molar-refractivity contribution in [1.29, 1.82) is 0 Å². The zero-order valence-electron chi connectivity index (χ0n) is 21.9. The average molecular weight is 529 g/mol. The van der Waals surface area contributed by atoms with E-state index in [1.807, 2.05) is 45.1 Å². The topological polar surface area (TPSA) is 97.5 Å². The van der Waals surface area contributed by atoms with Crippen molar-refractivity contribution in [2.75, 3.05) is 31.8 Å². The van der Waals surface area contributed by atoms with Gasteiger partial charge in [0.1, 0.15) is 11.6 Å². The second kappa shape index (κ2) is 11.3. The molecule has 0 spiro atoms. The Kier molecular flexibility index (Phi) is 8.60. The SMILES string of the molecule is COCCc1cc(NS(C)(=O)=O)ccc1C=Cc1cc(-c2cc(F)c[nH]c2=O)cc(C(C)(C)C)c1OC. The van der Waals surface area contributed by atoms with E-state index >= 15 is 0 Å². The number of aromatic amines is 1. The molecule has 0 amide bonds. The van der Waals surface area contributed by atoms with E-state index in [9.17, 15) is 17.6 Å². The van der Waals surface area contributed by atoms with Gasteiger partial charge in [0.15, 0.2) is 0 Å². The van der Waals surface area contributed by atoms with E-state index in [2.05, 4.69) is 9.71 Å². The van der Waals surface area contributed by atoms with Crippen LogP contribution < -0.4 is 15.0 Å². The smallest absolute Gasteiger partial charge is 0.256 e. The van der Waals surface area contributed by atoms with Gasteiger partial charge in [-0.2, -0.15) is 0 Å². The summed E-state index contributed by atoms with van der Waals surface area (Å²) in [4.78, 5) is 15.0.